The molecule has 1 aliphatic heterocycles. The molecule has 0 aromatic carbocycles. The highest BCUT2D eigenvalue weighted by Gasteiger charge is 2.30. The molecule has 1 saturated heterocycles. The summed E-state index contributed by atoms with van der Waals surface area (Å²) in [4.78, 5) is 24.5. The summed E-state index contributed by atoms with van der Waals surface area (Å²) in [7, 11) is 0. The summed E-state index contributed by atoms with van der Waals surface area (Å²) in [5, 5.41) is 8.90. The van der Waals surface area contributed by atoms with Crippen LogP contribution < -0.4 is 0 Å². The van der Waals surface area contributed by atoms with Crippen molar-refractivity contribution in [2.45, 2.75) is 45.3 Å². The number of aliphatic carboxylic acids is 1. The van der Waals surface area contributed by atoms with Crippen LogP contribution >= 0.6 is 11.8 Å². The van der Waals surface area contributed by atoms with Gasteiger partial charge in [-0.15, -0.1) is 0 Å². The molecule has 0 aromatic heterocycles. The van der Waals surface area contributed by atoms with Crippen molar-refractivity contribution in [2.75, 3.05) is 18.1 Å². The van der Waals surface area contributed by atoms with Crippen molar-refractivity contribution in [1.29, 1.82) is 0 Å². The van der Waals surface area contributed by atoms with Crippen LogP contribution in [0.15, 0.2) is 0 Å². The minimum absolute atomic E-state index is 0.0216. The van der Waals surface area contributed by atoms with E-state index in [2.05, 4.69) is 0 Å². The zero-order valence-corrected chi connectivity index (χ0v) is 12.0. The van der Waals surface area contributed by atoms with E-state index >= 15 is 0 Å². The van der Waals surface area contributed by atoms with Gasteiger partial charge in [-0.25, -0.2) is 4.79 Å². The third-order valence-corrected chi connectivity index (χ3v) is 3.67. The lowest BCUT2D eigenvalue weighted by molar-refractivity contribution is -0.138. The Labute approximate surface area is 112 Å². The third kappa shape index (κ3) is 5.16. The summed E-state index contributed by atoms with van der Waals surface area (Å²) in [6.45, 7) is 6.00. The highest BCUT2D eigenvalue weighted by atomic mass is 32.2. The van der Waals surface area contributed by atoms with Gasteiger partial charge in [0, 0.05) is 12.3 Å². The number of carbonyl (C=O) groups excluding carboxylic acids is 1. The monoisotopic (exact) mass is 275 g/mol. The second kappa shape index (κ2) is 6.31. The maximum absolute atomic E-state index is 12.1. The van der Waals surface area contributed by atoms with Crippen LogP contribution in [-0.2, 0) is 9.53 Å². The van der Waals surface area contributed by atoms with E-state index in [-0.39, 0.29) is 12.5 Å². The Kier molecular flexibility index (Phi) is 5.31. The Balaban J connectivity index is 2.72. The lowest BCUT2D eigenvalue weighted by atomic mass is 10.2. The van der Waals surface area contributed by atoms with Gasteiger partial charge in [0.05, 0.1) is 12.5 Å². The van der Waals surface area contributed by atoms with Gasteiger partial charge in [-0.1, -0.05) is 0 Å². The molecular formula is C12H21NO4S. The van der Waals surface area contributed by atoms with Gasteiger partial charge in [-0.2, -0.15) is 11.8 Å². The second-order valence-corrected chi connectivity index (χ2v) is 6.50. The number of amides is 1. The highest BCUT2D eigenvalue weighted by Crippen LogP contribution is 2.21. The molecule has 1 amide bonds. The first-order chi connectivity index (χ1) is 8.29. The van der Waals surface area contributed by atoms with Crippen LogP contribution in [0.3, 0.4) is 0 Å². The molecule has 1 unspecified atom stereocenters. The topological polar surface area (TPSA) is 66.8 Å². The summed E-state index contributed by atoms with van der Waals surface area (Å²) >= 11 is 1.69. The maximum atomic E-state index is 12.1. The Bertz CT molecular complexity index is 314. The molecule has 1 aliphatic rings. The molecule has 18 heavy (non-hydrogen) atoms. The van der Waals surface area contributed by atoms with Gasteiger partial charge in [-0.3, -0.25) is 4.79 Å². The van der Waals surface area contributed by atoms with Gasteiger partial charge in [-0.05, 0) is 32.9 Å². The average molecular weight is 275 g/mol. The zero-order chi connectivity index (χ0) is 13.8. The largest absolute Gasteiger partial charge is 0.481 e. The van der Waals surface area contributed by atoms with Crippen molar-refractivity contribution in [1.82, 2.24) is 4.90 Å². The summed E-state index contributed by atoms with van der Waals surface area (Å²) in [6, 6.07) is -0.273. The second-order valence-electron chi connectivity index (χ2n) is 5.35. The quantitative estimate of drug-likeness (QED) is 0.837. The van der Waals surface area contributed by atoms with Gasteiger partial charge >= 0.3 is 12.1 Å². The molecule has 0 bridgehead atoms. The lowest BCUT2D eigenvalue weighted by Crippen LogP contribution is -2.45. The van der Waals surface area contributed by atoms with Crippen LogP contribution in [-0.4, -0.2) is 51.8 Å². The van der Waals surface area contributed by atoms with Crippen molar-refractivity contribution in [2.24, 2.45) is 0 Å². The van der Waals surface area contributed by atoms with Crippen LogP contribution in [0.5, 0.6) is 0 Å². The van der Waals surface area contributed by atoms with Gasteiger partial charge in [0.15, 0.2) is 0 Å². The molecule has 0 spiro atoms. The van der Waals surface area contributed by atoms with E-state index in [9.17, 15) is 9.59 Å². The molecule has 0 radical (unpaired) electrons. The van der Waals surface area contributed by atoms with Crippen molar-refractivity contribution < 1.29 is 19.4 Å². The Morgan fingerprint density at radius 1 is 1.44 bits per heavy atom. The predicted octanol–water partition coefficient (Wildman–Crippen LogP) is 2.20. The molecule has 0 aliphatic carbocycles. The van der Waals surface area contributed by atoms with Crippen molar-refractivity contribution in [3.8, 4) is 0 Å². The SMILES string of the molecule is CC(C)(C)OC(=O)N1CCCSCC1CC(=O)O. The van der Waals surface area contributed by atoms with Crippen LogP contribution in [0.2, 0.25) is 0 Å². The maximum Gasteiger partial charge on any atom is 0.410 e. The number of carboxylic acids is 1. The van der Waals surface area contributed by atoms with Crippen molar-refractivity contribution in [3.63, 3.8) is 0 Å². The lowest BCUT2D eigenvalue weighted by Gasteiger charge is -2.31. The number of nitrogens with zero attached hydrogens (tertiary/aromatic N) is 1. The summed E-state index contributed by atoms with van der Waals surface area (Å²) in [5.74, 6) is 0.733. The number of rotatable bonds is 2. The molecule has 1 heterocycles. The number of hydrogen-bond acceptors (Lipinski definition) is 4. The molecule has 1 N–H and O–H groups in total. The van der Waals surface area contributed by atoms with Crippen molar-refractivity contribution in [3.05, 3.63) is 0 Å². The molecule has 1 rings (SSSR count). The molecule has 1 fully saturated rings. The Morgan fingerprint density at radius 3 is 2.67 bits per heavy atom. The van der Waals surface area contributed by atoms with E-state index in [1.54, 1.807) is 16.7 Å². The van der Waals surface area contributed by atoms with E-state index in [1.807, 2.05) is 20.8 Å². The molecule has 104 valence electrons. The van der Waals surface area contributed by atoms with E-state index < -0.39 is 17.7 Å². The van der Waals surface area contributed by atoms with Gasteiger partial charge in [0.2, 0.25) is 0 Å². The number of hydrogen-bond donors (Lipinski definition) is 1. The molecule has 6 heteroatoms. The number of carboxylic acid groups (broad SMARTS) is 1. The predicted molar refractivity (Wildman–Crippen MR) is 70.9 cm³/mol. The van der Waals surface area contributed by atoms with Gasteiger partial charge in [0.25, 0.3) is 0 Å². The summed E-state index contributed by atoms with van der Waals surface area (Å²) in [5.41, 5.74) is -0.551. The van der Waals surface area contributed by atoms with Crippen LogP contribution in [0.1, 0.15) is 33.6 Å². The first-order valence-electron chi connectivity index (χ1n) is 6.09. The first kappa shape index (κ1) is 15.1. The molecule has 1 atom stereocenters. The molecule has 5 nitrogen and oxygen atoms in total. The number of ether oxygens (including phenoxy) is 1. The Hall–Kier alpha value is -0.910. The number of thioether (sulfide) groups is 1. The Morgan fingerprint density at radius 2 is 2.11 bits per heavy atom. The number of carbonyl (C=O) groups is 2. The van der Waals surface area contributed by atoms with Crippen LogP contribution in [0.4, 0.5) is 4.79 Å². The van der Waals surface area contributed by atoms with E-state index in [0.717, 1.165) is 12.2 Å². The molecule has 0 saturated carbocycles. The third-order valence-electron chi connectivity index (χ3n) is 2.48. The van der Waals surface area contributed by atoms with Crippen molar-refractivity contribution >= 4 is 23.8 Å². The average Bonchev–Trinajstić information content (AvgIpc) is 2.39. The van der Waals surface area contributed by atoms with E-state index in [1.165, 1.54) is 0 Å². The standard InChI is InChI=1S/C12H21NO4S/c1-12(2,3)17-11(16)13-5-4-6-18-8-9(13)7-10(14)15/h9H,4-8H2,1-3H3,(H,14,15). The fourth-order valence-corrected chi connectivity index (χ4v) is 2.83. The molecule has 0 aromatic rings. The highest BCUT2D eigenvalue weighted by molar-refractivity contribution is 7.99. The van der Waals surface area contributed by atoms with Gasteiger partial charge < -0.3 is 14.7 Å². The van der Waals surface area contributed by atoms with E-state index in [4.69, 9.17) is 9.84 Å². The summed E-state index contributed by atoms with van der Waals surface area (Å²) in [6.07, 6.45) is 0.447. The molecular weight excluding hydrogens is 254 g/mol. The first-order valence-corrected chi connectivity index (χ1v) is 7.24. The normalized spacial score (nSPS) is 21.3. The fourth-order valence-electron chi connectivity index (χ4n) is 1.76. The zero-order valence-electron chi connectivity index (χ0n) is 11.1. The van der Waals surface area contributed by atoms with Crippen LogP contribution in [0, 0.1) is 0 Å². The minimum atomic E-state index is -0.879. The van der Waals surface area contributed by atoms with Crippen LogP contribution in [0.25, 0.3) is 0 Å². The minimum Gasteiger partial charge on any atom is -0.481 e. The smallest absolute Gasteiger partial charge is 0.410 e. The van der Waals surface area contributed by atoms with E-state index in [0.29, 0.717) is 12.3 Å². The van der Waals surface area contributed by atoms with Gasteiger partial charge in [0.1, 0.15) is 5.60 Å². The fraction of sp³-hybridized carbons (Fsp3) is 0.833. The summed E-state index contributed by atoms with van der Waals surface area (Å²) < 4.78 is 5.33.